The van der Waals surface area contributed by atoms with Crippen molar-refractivity contribution in [2.75, 3.05) is 25.9 Å². The molecule has 0 fully saturated rings. The molecule has 0 aliphatic carbocycles. The van der Waals surface area contributed by atoms with Crippen molar-refractivity contribution in [3.05, 3.63) is 59.7 Å². The van der Waals surface area contributed by atoms with Crippen molar-refractivity contribution < 1.29 is 4.74 Å². The molecule has 3 heteroatoms. The minimum Gasteiger partial charge on any atom is -0.494 e. The summed E-state index contributed by atoms with van der Waals surface area (Å²) in [5.74, 6) is 0.929. The number of nitrogens with two attached hydrogens (primary N) is 1. The van der Waals surface area contributed by atoms with Gasteiger partial charge in [0, 0.05) is 24.3 Å². The molecule has 0 aliphatic rings. The fourth-order valence-electron chi connectivity index (χ4n) is 2.35. The van der Waals surface area contributed by atoms with E-state index in [1.807, 2.05) is 31.2 Å². The van der Waals surface area contributed by atoms with Crippen molar-refractivity contribution in [3.8, 4) is 5.75 Å². The van der Waals surface area contributed by atoms with E-state index in [2.05, 4.69) is 36.2 Å². The topological polar surface area (TPSA) is 38.5 Å². The number of nitrogens with zero attached hydrogens (tertiary/aromatic N) is 1. The standard InChI is InChI=1S/C18H24N2O/c1-3-21-18-10-9-17(19)13-16(18)14-20(2)12-11-15-7-5-4-6-8-15/h4-10,13H,3,11-12,14,19H2,1-2H3. The number of anilines is 1. The van der Waals surface area contributed by atoms with Crippen LogP contribution in [-0.4, -0.2) is 25.1 Å². The molecule has 2 aromatic carbocycles. The largest absolute Gasteiger partial charge is 0.494 e. The lowest BCUT2D eigenvalue weighted by molar-refractivity contribution is 0.305. The van der Waals surface area contributed by atoms with Crippen LogP contribution in [-0.2, 0) is 13.0 Å². The summed E-state index contributed by atoms with van der Waals surface area (Å²) >= 11 is 0. The van der Waals surface area contributed by atoms with Crippen molar-refractivity contribution in [1.82, 2.24) is 4.90 Å². The van der Waals surface area contributed by atoms with Gasteiger partial charge in [-0.1, -0.05) is 30.3 Å². The second-order valence-corrected chi connectivity index (χ2v) is 5.27. The van der Waals surface area contributed by atoms with Gasteiger partial charge < -0.3 is 15.4 Å². The van der Waals surface area contributed by atoms with E-state index in [-0.39, 0.29) is 0 Å². The lowest BCUT2D eigenvalue weighted by atomic mass is 10.1. The van der Waals surface area contributed by atoms with E-state index in [1.165, 1.54) is 5.56 Å². The SMILES string of the molecule is CCOc1ccc(N)cc1CN(C)CCc1ccccc1. The summed E-state index contributed by atoms with van der Waals surface area (Å²) in [4.78, 5) is 2.30. The van der Waals surface area contributed by atoms with Gasteiger partial charge in [-0.2, -0.15) is 0 Å². The molecule has 112 valence electrons. The molecule has 2 N–H and O–H groups in total. The van der Waals surface area contributed by atoms with Crippen LogP contribution < -0.4 is 10.5 Å². The van der Waals surface area contributed by atoms with E-state index < -0.39 is 0 Å². The Bertz CT molecular complexity index is 554. The van der Waals surface area contributed by atoms with Crippen molar-refractivity contribution in [2.24, 2.45) is 0 Å². The Kier molecular flexibility index (Phi) is 5.64. The average Bonchev–Trinajstić information content (AvgIpc) is 2.49. The van der Waals surface area contributed by atoms with Crippen molar-refractivity contribution >= 4 is 5.69 Å². The predicted octanol–water partition coefficient (Wildman–Crippen LogP) is 3.34. The summed E-state index contributed by atoms with van der Waals surface area (Å²) in [6.07, 6.45) is 1.05. The first kappa shape index (κ1) is 15.4. The van der Waals surface area contributed by atoms with Gasteiger partial charge in [0.05, 0.1) is 6.61 Å². The molecule has 21 heavy (non-hydrogen) atoms. The third-order valence-electron chi connectivity index (χ3n) is 3.45. The molecule has 3 nitrogen and oxygen atoms in total. The average molecular weight is 284 g/mol. The zero-order chi connectivity index (χ0) is 15.1. The Morgan fingerprint density at radius 2 is 1.86 bits per heavy atom. The first-order valence-electron chi connectivity index (χ1n) is 7.42. The highest BCUT2D eigenvalue weighted by atomic mass is 16.5. The Morgan fingerprint density at radius 1 is 1.10 bits per heavy atom. The van der Waals surface area contributed by atoms with E-state index in [0.717, 1.165) is 36.5 Å². The number of nitrogen functional groups attached to an aromatic ring is 1. The van der Waals surface area contributed by atoms with Gasteiger partial charge in [-0.3, -0.25) is 0 Å². The lowest BCUT2D eigenvalue weighted by Gasteiger charge is -2.19. The maximum atomic E-state index is 5.89. The zero-order valence-electron chi connectivity index (χ0n) is 12.9. The van der Waals surface area contributed by atoms with Gasteiger partial charge in [-0.15, -0.1) is 0 Å². The quantitative estimate of drug-likeness (QED) is 0.793. The van der Waals surface area contributed by atoms with E-state index in [9.17, 15) is 0 Å². The first-order valence-corrected chi connectivity index (χ1v) is 7.42. The van der Waals surface area contributed by atoms with Crippen LogP contribution in [0.4, 0.5) is 5.69 Å². The zero-order valence-corrected chi connectivity index (χ0v) is 12.9. The van der Waals surface area contributed by atoms with Crippen molar-refractivity contribution in [2.45, 2.75) is 19.9 Å². The van der Waals surface area contributed by atoms with Gasteiger partial charge in [0.25, 0.3) is 0 Å². The van der Waals surface area contributed by atoms with Crippen LogP contribution in [0.1, 0.15) is 18.1 Å². The number of ether oxygens (including phenoxy) is 1. The molecule has 0 aromatic heterocycles. The molecule has 0 bridgehead atoms. The number of hydrogen-bond donors (Lipinski definition) is 1. The van der Waals surface area contributed by atoms with Crippen molar-refractivity contribution in [1.29, 1.82) is 0 Å². The molecule has 0 aliphatic heterocycles. The van der Waals surface area contributed by atoms with Crippen LogP contribution in [0, 0.1) is 0 Å². The molecule has 0 spiro atoms. The van der Waals surface area contributed by atoms with E-state index in [0.29, 0.717) is 6.61 Å². The number of likely N-dealkylation sites (N-methyl/N-ethyl adjacent to an activating group) is 1. The highest BCUT2D eigenvalue weighted by molar-refractivity contribution is 5.47. The summed E-state index contributed by atoms with van der Waals surface area (Å²) in [5.41, 5.74) is 9.18. The molecule has 0 saturated heterocycles. The fraction of sp³-hybridized carbons (Fsp3) is 0.333. The van der Waals surface area contributed by atoms with Gasteiger partial charge in [-0.25, -0.2) is 0 Å². The minimum atomic E-state index is 0.671. The summed E-state index contributed by atoms with van der Waals surface area (Å²) in [7, 11) is 2.13. The maximum absolute atomic E-state index is 5.89. The summed E-state index contributed by atoms with van der Waals surface area (Å²) < 4.78 is 5.67. The van der Waals surface area contributed by atoms with Crippen LogP contribution in [0.25, 0.3) is 0 Å². The molecular formula is C18H24N2O. The number of rotatable bonds is 7. The van der Waals surface area contributed by atoms with Crippen LogP contribution in [0.5, 0.6) is 5.75 Å². The Balaban J connectivity index is 1.95. The van der Waals surface area contributed by atoms with Gasteiger partial charge in [0.15, 0.2) is 0 Å². The highest BCUT2D eigenvalue weighted by Crippen LogP contribution is 2.22. The third kappa shape index (κ3) is 4.80. The molecule has 2 aromatic rings. The molecule has 0 amide bonds. The van der Waals surface area contributed by atoms with Crippen molar-refractivity contribution in [3.63, 3.8) is 0 Å². The molecule has 0 atom stereocenters. The summed E-state index contributed by atoms with van der Waals surface area (Å²) in [5, 5.41) is 0. The van der Waals surface area contributed by atoms with Crippen LogP contribution >= 0.6 is 0 Å². The predicted molar refractivity (Wildman–Crippen MR) is 88.5 cm³/mol. The first-order chi connectivity index (χ1) is 10.2. The smallest absolute Gasteiger partial charge is 0.123 e. The summed E-state index contributed by atoms with van der Waals surface area (Å²) in [6.45, 7) is 4.52. The Morgan fingerprint density at radius 3 is 2.57 bits per heavy atom. The number of hydrogen-bond acceptors (Lipinski definition) is 3. The third-order valence-corrected chi connectivity index (χ3v) is 3.45. The molecule has 0 radical (unpaired) electrons. The Hall–Kier alpha value is -2.00. The Labute approximate surface area is 127 Å². The summed E-state index contributed by atoms with van der Waals surface area (Å²) in [6, 6.07) is 16.4. The lowest BCUT2D eigenvalue weighted by Crippen LogP contribution is -2.21. The normalized spacial score (nSPS) is 10.8. The number of benzene rings is 2. The van der Waals surface area contributed by atoms with Crippen LogP contribution in [0.2, 0.25) is 0 Å². The van der Waals surface area contributed by atoms with E-state index in [4.69, 9.17) is 10.5 Å². The molecule has 0 saturated carbocycles. The molecule has 0 unspecified atom stereocenters. The van der Waals surface area contributed by atoms with Gasteiger partial charge in [0.1, 0.15) is 5.75 Å². The maximum Gasteiger partial charge on any atom is 0.123 e. The monoisotopic (exact) mass is 284 g/mol. The molecule has 0 heterocycles. The molecule has 2 rings (SSSR count). The second kappa shape index (κ2) is 7.70. The fourth-order valence-corrected chi connectivity index (χ4v) is 2.35. The van der Waals surface area contributed by atoms with Crippen LogP contribution in [0.3, 0.4) is 0 Å². The highest BCUT2D eigenvalue weighted by Gasteiger charge is 2.07. The van der Waals surface area contributed by atoms with E-state index in [1.54, 1.807) is 0 Å². The van der Waals surface area contributed by atoms with Gasteiger partial charge in [0.2, 0.25) is 0 Å². The van der Waals surface area contributed by atoms with Gasteiger partial charge in [-0.05, 0) is 44.2 Å². The van der Waals surface area contributed by atoms with Crippen LogP contribution in [0.15, 0.2) is 48.5 Å². The minimum absolute atomic E-state index is 0.671. The second-order valence-electron chi connectivity index (χ2n) is 5.27. The molecular weight excluding hydrogens is 260 g/mol. The van der Waals surface area contributed by atoms with E-state index >= 15 is 0 Å². The van der Waals surface area contributed by atoms with Gasteiger partial charge >= 0.3 is 0 Å².